The second-order valence-electron chi connectivity index (χ2n) is 8.60. The number of hydrogen-bond acceptors (Lipinski definition) is 6. The number of aromatic nitrogens is 2. The van der Waals surface area contributed by atoms with Crippen LogP contribution in [0.2, 0.25) is 0 Å². The van der Waals surface area contributed by atoms with Crippen LogP contribution >= 0.6 is 11.8 Å². The van der Waals surface area contributed by atoms with E-state index >= 15 is 0 Å². The number of benzene rings is 1. The number of para-hydroxylation sites is 1. The van der Waals surface area contributed by atoms with Gasteiger partial charge in [-0.05, 0) is 62.4 Å². The summed E-state index contributed by atoms with van der Waals surface area (Å²) in [6.07, 6.45) is 10.6. The highest BCUT2D eigenvalue weighted by Gasteiger charge is 2.24. The summed E-state index contributed by atoms with van der Waals surface area (Å²) < 4.78 is 7.24. The molecule has 2 aliphatic carbocycles. The minimum atomic E-state index is -0.308. The first-order valence-corrected chi connectivity index (χ1v) is 12.3. The normalized spacial score (nSPS) is 18.2. The summed E-state index contributed by atoms with van der Waals surface area (Å²) in [4.78, 5) is 42.8. The molecule has 0 atom stereocenters. The second kappa shape index (κ2) is 10.4. The fourth-order valence-electron chi connectivity index (χ4n) is 4.64. The first kappa shape index (κ1) is 22.1. The van der Waals surface area contributed by atoms with Crippen LogP contribution < -0.4 is 5.56 Å². The fourth-order valence-corrected chi connectivity index (χ4v) is 5.53. The van der Waals surface area contributed by atoms with Crippen LogP contribution in [0.25, 0.3) is 10.9 Å². The predicted octanol–water partition coefficient (Wildman–Crippen LogP) is 5.18. The highest BCUT2D eigenvalue weighted by molar-refractivity contribution is 8.13. The van der Waals surface area contributed by atoms with Gasteiger partial charge in [0.25, 0.3) is 5.56 Å². The molecule has 2 fully saturated rings. The zero-order valence-corrected chi connectivity index (χ0v) is 18.7. The number of carbonyl (C=O) groups is 2. The molecular weight excluding hydrogens is 412 g/mol. The number of nitrogens with zero attached hydrogens (tertiary/aromatic N) is 2. The van der Waals surface area contributed by atoms with Crippen molar-refractivity contribution in [3.63, 3.8) is 0 Å². The summed E-state index contributed by atoms with van der Waals surface area (Å²) in [5.41, 5.74) is 0.524. The summed E-state index contributed by atoms with van der Waals surface area (Å²) in [5, 5.41) is 0.870. The molecule has 2 aliphatic rings. The van der Waals surface area contributed by atoms with Crippen molar-refractivity contribution in [2.45, 2.75) is 94.4 Å². The van der Waals surface area contributed by atoms with Gasteiger partial charge in [0.1, 0.15) is 6.10 Å². The van der Waals surface area contributed by atoms with E-state index in [4.69, 9.17) is 4.74 Å². The van der Waals surface area contributed by atoms with Crippen molar-refractivity contribution in [2.75, 3.05) is 0 Å². The Morgan fingerprint density at radius 2 is 1.65 bits per heavy atom. The summed E-state index contributed by atoms with van der Waals surface area (Å²) in [6.45, 7) is 0. The van der Waals surface area contributed by atoms with E-state index in [-0.39, 0.29) is 41.6 Å². The lowest BCUT2D eigenvalue weighted by Crippen LogP contribution is -2.29. The monoisotopic (exact) mass is 442 g/mol. The number of thioether (sulfide) groups is 1. The highest BCUT2D eigenvalue weighted by Crippen LogP contribution is 2.31. The van der Waals surface area contributed by atoms with Crippen LogP contribution in [-0.2, 0) is 14.3 Å². The van der Waals surface area contributed by atoms with Gasteiger partial charge in [0, 0.05) is 12.5 Å². The number of carbonyl (C=O) groups excluding carboxylic acids is 2. The standard InChI is InChI=1S/C24H30N2O4S/c27-21(30-18-11-5-2-6-12-18)15-16-22(28)31-24-25-20-14-8-7-13-19(20)23(29)26(24)17-9-3-1-4-10-17/h7-8,13-14,17-18H,1-6,9-12,15-16H2. The van der Waals surface area contributed by atoms with E-state index in [1.54, 1.807) is 16.7 Å². The molecule has 0 amide bonds. The maximum atomic E-state index is 13.2. The first-order chi connectivity index (χ1) is 15.1. The van der Waals surface area contributed by atoms with Crippen LogP contribution in [0.3, 0.4) is 0 Å². The Hall–Kier alpha value is -2.15. The van der Waals surface area contributed by atoms with E-state index in [0.717, 1.165) is 63.1 Å². The van der Waals surface area contributed by atoms with Gasteiger partial charge in [-0.2, -0.15) is 0 Å². The molecule has 6 nitrogen and oxygen atoms in total. The van der Waals surface area contributed by atoms with E-state index in [1.807, 2.05) is 12.1 Å². The van der Waals surface area contributed by atoms with Crippen molar-refractivity contribution in [1.29, 1.82) is 0 Å². The molecule has 0 saturated heterocycles. The minimum Gasteiger partial charge on any atom is -0.462 e. The number of hydrogen-bond donors (Lipinski definition) is 0. The molecule has 0 aliphatic heterocycles. The Balaban J connectivity index is 1.46. The van der Waals surface area contributed by atoms with Gasteiger partial charge in [-0.15, -0.1) is 0 Å². The highest BCUT2D eigenvalue weighted by atomic mass is 32.2. The summed E-state index contributed by atoms with van der Waals surface area (Å²) in [6, 6.07) is 7.36. The molecular formula is C24H30N2O4S. The molecule has 0 radical (unpaired) electrons. The van der Waals surface area contributed by atoms with Crippen LogP contribution in [0, 0.1) is 0 Å². The average Bonchev–Trinajstić information content (AvgIpc) is 2.79. The van der Waals surface area contributed by atoms with Crippen molar-refractivity contribution >= 4 is 33.7 Å². The number of esters is 1. The molecule has 4 rings (SSSR count). The lowest BCUT2D eigenvalue weighted by Gasteiger charge is -2.26. The van der Waals surface area contributed by atoms with Gasteiger partial charge in [0.2, 0.25) is 0 Å². The van der Waals surface area contributed by atoms with Crippen molar-refractivity contribution in [3.8, 4) is 0 Å². The van der Waals surface area contributed by atoms with E-state index < -0.39 is 0 Å². The van der Waals surface area contributed by atoms with Gasteiger partial charge in [-0.25, -0.2) is 4.98 Å². The van der Waals surface area contributed by atoms with Crippen LogP contribution in [0.1, 0.15) is 83.1 Å². The van der Waals surface area contributed by atoms with E-state index in [0.29, 0.717) is 16.1 Å². The third-order valence-electron chi connectivity index (χ3n) is 6.30. The quantitative estimate of drug-likeness (QED) is 0.349. The van der Waals surface area contributed by atoms with E-state index in [2.05, 4.69) is 4.98 Å². The Morgan fingerprint density at radius 3 is 2.39 bits per heavy atom. The van der Waals surface area contributed by atoms with Gasteiger partial charge in [0.05, 0.1) is 17.3 Å². The predicted molar refractivity (Wildman–Crippen MR) is 121 cm³/mol. The van der Waals surface area contributed by atoms with Gasteiger partial charge >= 0.3 is 5.97 Å². The largest absolute Gasteiger partial charge is 0.462 e. The molecule has 1 heterocycles. The molecule has 0 bridgehead atoms. The summed E-state index contributed by atoms with van der Waals surface area (Å²) in [7, 11) is 0. The van der Waals surface area contributed by atoms with E-state index in [9.17, 15) is 14.4 Å². The minimum absolute atomic E-state index is 0.00245. The maximum absolute atomic E-state index is 13.2. The van der Waals surface area contributed by atoms with Crippen LogP contribution in [0.15, 0.2) is 34.2 Å². The Kier molecular flexibility index (Phi) is 7.43. The Labute approximate surface area is 186 Å². The van der Waals surface area contributed by atoms with Gasteiger partial charge in [-0.3, -0.25) is 19.0 Å². The number of fused-ring (bicyclic) bond motifs is 1. The molecule has 1 aromatic carbocycles. The third kappa shape index (κ3) is 5.56. The van der Waals surface area contributed by atoms with Crippen molar-refractivity contribution < 1.29 is 14.3 Å². The van der Waals surface area contributed by atoms with Crippen molar-refractivity contribution in [1.82, 2.24) is 9.55 Å². The van der Waals surface area contributed by atoms with Crippen LogP contribution in [-0.4, -0.2) is 26.7 Å². The van der Waals surface area contributed by atoms with Crippen molar-refractivity contribution in [3.05, 3.63) is 34.6 Å². The molecule has 2 saturated carbocycles. The topological polar surface area (TPSA) is 78.3 Å². The fraction of sp³-hybridized carbons (Fsp3) is 0.583. The molecule has 0 unspecified atom stereocenters. The number of rotatable bonds is 6. The molecule has 1 aromatic heterocycles. The van der Waals surface area contributed by atoms with E-state index in [1.165, 1.54) is 12.8 Å². The second-order valence-corrected chi connectivity index (χ2v) is 9.63. The molecule has 0 spiro atoms. The van der Waals surface area contributed by atoms with Crippen LogP contribution in [0.5, 0.6) is 0 Å². The summed E-state index contributed by atoms with van der Waals surface area (Å²) in [5.74, 6) is -0.308. The smallest absolute Gasteiger partial charge is 0.306 e. The lowest BCUT2D eigenvalue weighted by atomic mass is 9.95. The maximum Gasteiger partial charge on any atom is 0.306 e. The molecule has 166 valence electrons. The Bertz CT molecular complexity index is 991. The summed E-state index contributed by atoms with van der Waals surface area (Å²) >= 11 is 0.986. The molecule has 0 N–H and O–H groups in total. The van der Waals surface area contributed by atoms with Gasteiger partial charge < -0.3 is 4.74 Å². The zero-order valence-electron chi connectivity index (χ0n) is 17.9. The zero-order chi connectivity index (χ0) is 21.6. The van der Waals surface area contributed by atoms with Gasteiger partial charge in [-0.1, -0.05) is 37.8 Å². The van der Waals surface area contributed by atoms with Gasteiger partial charge in [0.15, 0.2) is 10.3 Å². The Morgan fingerprint density at radius 1 is 0.968 bits per heavy atom. The average molecular weight is 443 g/mol. The molecule has 7 heteroatoms. The SMILES string of the molecule is O=C(CCC(=O)Sc1nc2ccccc2c(=O)n1C1CCCCC1)OC1CCCCC1. The molecule has 31 heavy (non-hydrogen) atoms. The van der Waals surface area contributed by atoms with Crippen molar-refractivity contribution in [2.24, 2.45) is 0 Å². The first-order valence-electron chi connectivity index (χ1n) is 11.5. The molecule has 2 aromatic rings. The number of ether oxygens (including phenoxy) is 1. The van der Waals surface area contributed by atoms with Crippen LogP contribution in [0.4, 0.5) is 0 Å². The third-order valence-corrected chi connectivity index (χ3v) is 7.21. The lowest BCUT2D eigenvalue weighted by molar-refractivity contribution is -0.151.